The lowest BCUT2D eigenvalue weighted by Crippen LogP contribution is -2.49. The highest BCUT2D eigenvalue weighted by Crippen LogP contribution is 2.30. The summed E-state index contributed by atoms with van der Waals surface area (Å²) in [5.41, 5.74) is 1.06. The van der Waals surface area contributed by atoms with E-state index in [0.717, 1.165) is 57.2 Å². The molecule has 0 aromatic heterocycles. The highest BCUT2D eigenvalue weighted by molar-refractivity contribution is 5.84. The third-order valence-electron chi connectivity index (χ3n) is 5.48. The summed E-state index contributed by atoms with van der Waals surface area (Å²) in [5, 5.41) is 6.35. The fraction of sp³-hybridized carbons (Fsp3) is 0.600. The Morgan fingerprint density at radius 2 is 1.52 bits per heavy atom. The van der Waals surface area contributed by atoms with Crippen LogP contribution in [0, 0.1) is 5.92 Å². The zero-order valence-electron chi connectivity index (χ0n) is 14.6. The van der Waals surface area contributed by atoms with Crippen molar-refractivity contribution in [1.82, 2.24) is 15.5 Å². The van der Waals surface area contributed by atoms with E-state index in [1.54, 1.807) is 0 Å². The summed E-state index contributed by atoms with van der Waals surface area (Å²) < 4.78 is 0. The number of carbonyl (C=O) groups is 2. The Hall–Kier alpha value is -1.88. The van der Waals surface area contributed by atoms with E-state index in [1.807, 2.05) is 30.3 Å². The Morgan fingerprint density at radius 3 is 2.12 bits per heavy atom. The van der Waals surface area contributed by atoms with Crippen molar-refractivity contribution in [3.63, 3.8) is 0 Å². The molecule has 0 radical (unpaired) electrons. The first-order valence-corrected chi connectivity index (χ1v) is 9.60. The lowest BCUT2D eigenvalue weighted by molar-refractivity contribution is -0.128. The molecule has 1 unspecified atom stereocenters. The predicted molar refractivity (Wildman–Crippen MR) is 95.8 cm³/mol. The molecule has 1 atom stereocenters. The minimum Gasteiger partial charge on any atom is -0.353 e. The molecule has 1 aromatic carbocycles. The van der Waals surface area contributed by atoms with Gasteiger partial charge in [0.05, 0.1) is 0 Å². The second kappa shape index (κ2) is 7.16. The number of hydrogen-bond donors (Lipinski definition) is 2. The number of carbonyl (C=O) groups excluding carboxylic acids is 2. The van der Waals surface area contributed by atoms with Crippen LogP contribution in [0.3, 0.4) is 0 Å². The molecule has 1 aromatic rings. The predicted octanol–water partition coefficient (Wildman–Crippen LogP) is 2.00. The molecule has 2 N–H and O–H groups in total. The van der Waals surface area contributed by atoms with Gasteiger partial charge in [-0.3, -0.25) is 14.5 Å². The fourth-order valence-corrected chi connectivity index (χ4v) is 3.64. The summed E-state index contributed by atoms with van der Waals surface area (Å²) in [6.45, 7) is 1.68. The van der Waals surface area contributed by atoms with Crippen LogP contribution in [-0.2, 0) is 9.59 Å². The molecule has 1 aliphatic heterocycles. The smallest absolute Gasteiger partial charge is 0.242 e. The lowest BCUT2D eigenvalue weighted by Gasteiger charge is -2.37. The number of nitrogens with one attached hydrogen (secondary N) is 2. The van der Waals surface area contributed by atoms with Gasteiger partial charge < -0.3 is 10.6 Å². The first-order valence-electron chi connectivity index (χ1n) is 9.60. The van der Waals surface area contributed by atoms with E-state index < -0.39 is 0 Å². The van der Waals surface area contributed by atoms with Gasteiger partial charge in [0.2, 0.25) is 11.8 Å². The average Bonchev–Trinajstić information content (AvgIpc) is 3.51. The van der Waals surface area contributed by atoms with E-state index in [1.165, 1.54) is 0 Å². The minimum absolute atomic E-state index is 0.120. The summed E-state index contributed by atoms with van der Waals surface area (Å²) in [6.07, 6.45) is 6.12. The Balaban J connectivity index is 1.39. The van der Waals surface area contributed by atoms with Crippen LogP contribution < -0.4 is 10.6 Å². The van der Waals surface area contributed by atoms with E-state index in [2.05, 4.69) is 15.5 Å². The number of hydrogen-bond acceptors (Lipinski definition) is 3. The second-order valence-electron chi connectivity index (χ2n) is 7.69. The summed E-state index contributed by atoms with van der Waals surface area (Å²) in [5.74, 6) is 0.609. The molecule has 2 saturated carbocycles. The van der Waals surface area contributed by atoms with Gasteiger partial charge in [0.25, 0.3) is 0 Å². The summed E-state index contributed by atoms with van der Waals surface area (Å²) >= 11 is 0. The Bertz CT molecular complexity index is 617. The molecule has 1 heterocycles. The molecule has 1 saturated heterocycles. The molecule has 3 fully saturated rings. The zero-order valence-corrected chi connectivity index (χ0v) is 14.6. The first-order chi connectivity index (χ1) is 12.2. The van der Waals surface area contributed by atoms with E-state index in [4.69, 9.17) is 0 Å². The molecule has 4 rings (SSSR count). The van der Waals surface area contributed by atoms with Gasteiger partial charge in [-0.15, -0.1) is 0 Å². The topological polar surface area (TPSA) is 61.4 Å². The Morgan fingerprint density at radius 1 is 0.880 bits per heavy atom. The van der Waals surface area contributed by atoms with Crippen LogP contribution in [0.25, 0.3) is 0 Å². The molecular formula is C20H27N3O2. The van der Waals surface area contributed by atoms with Crippen molar-refractivity contribution in [1.29, 1.82) is 0 Å². The van der Waals surface area contributed by atoms with Crippen LogP contribution >= 0.6 is 0 Å². The third-order valence-corrected chi connectivity index (χ3v) is 5.48. The van der Waals surface area contributed by atoms with Gasteiger partial charge in [0, 0.05) is 31.1 Å². The number of rotatable bonds is 6. The minimum atomic E-state index is -0.220. The van der Waals surface area contributed by atoms with Crippen molar-refractivity contribution in [3.05, 3.63) is 35.9 Å². The van der Waals surface area contributed by atoms with Crippen molar-refractivity contribution in [2.45, 2.75) is 56.7 Å². The zero-order chi connectivity index (χ0) is 17.2. The third kappa shape index (κ3) is 4.21. The SMILES string of the molecule is O=C(NC1CCN(C(C(=O)NC2CC2)c2ccccc2)CC1)C1CC1. The highest BCUT2D eigenvalue weighted by atomic mass is 16.2. The molecular weight excluding hydrogens is 314 g/mol. The van der Waals surface area contributed by atoms with Crippen molar-refractivity contribution in [2.24, 2.45) is 5.92 Å². The van der Waals surface area contributed by atoms with Crippen LogP contribution in [-0.4, -0.2) is 41.9 Å². The number of nitrogens with zero attached hydrogens (tertiary/aromatic N) is 1. The van der Waals surface area contributed by atoms with Gasteiger partial charge in [-0.2, -0.15) is 0 Å². The Kier molecular flexibility index (Phi) is 4.75. The fourth-order valence-electron chi connectivity index (χ4n) is 3.64. The molecule has 25 heavy (non-hydrogen) atoms. The first kappa shape index (κ1) is 16.6. The van der Waals surface area contributed by atoms with Crippen molar-refractivity contribution >= 4 is 11.8 Å². The van der Waals surface area contributed by atoms with E-state index >= 15 is 0 Å². The van der Waals surface area contributed by atoms with Gasteiger partial charge >= 0.3 is 0 Å². The molecule has 5 nitrogen and oxygen atoms in total. The molecule has 5 heteroatoms. The van der Waals surface area contributed by atoms with Gasteiger partial charge in [0.1, 0.15) is 6.04 Å². The van der Waals surface area contributed by atoms with Crippen LogP contribution in [0.15, 0.2) is 30.3 Å². The summed E-state index contributed by atoms with van der Waals surface area (Å²) in [6, 6.07) is 10.5. The van der Waals surface area contributed by atoms with Crippen LogP contribution in [0.5, 0.6) is 0 Å². The molecule has 0 bridgehead atoms. The maximum atomic E-state index is 12.8. The standard InChI is InChI=1S/C20H27N3O2/c24-19(15-6-7-15)21-17-10-12-23(13-11-17)18(14-4-2-1-3-5-14)20(25)22-16-8-9-16/h1-5,15-18H,6-13H2,(H,21,24)(H,22,25). The van der Waals surface area contributed by atoms with Crippen LogP contribution in [0.2, 0.25) is 0 Å². The molecule has 3 aliphatic rings. The molecule has 2 aliphatic carbocycles. The van der Waals surface area contributed by atoms with Crippen molar-refractivity contribution < 1.29 is 9.59 Å². The van der Waals surface area contributed by atoms with E-state index in [-0.39, 0.29) is 29.8 Å². The maximum Gasteiger partial charge on any atom is 0.242 e. The van der Waals surface area contributed by atoms with E-state index in [0.29, 0.717) is 6.04 Å². The Labute approximate surface area is 149 Å². The number of likely N-dealkylation sites (tertiary alicyclic amines) is 1. The normalized spacial score (nSPS) is 23.0. The summed E-state index contributed by atoms with van der Waals surface area (Å²) in [7, 11) is 0. The summed E-state index contributed by atoms with van der Waals surface area (Å²) in [4.78, 5) is 27.1. The largest absolute Gasteiger partial charge is 0.353 e. The maximum absolute atomic E-state index is 12.8. The van der Waals surface area contributed by atoms with Gasteiger partial charge in [-0.1, -0.05) is 30.3 Å². The van der Waals surface area contributed by atoms with Gasteiger partial charge in [0.15, 0.2) is 0 Å². The monoisotopic (exact) mass is 341 g/mol. The number of benzene rings is 1. The number of amides is 2. The molecule has 0 spiro atoms. The quantitative estimate of drug-likeness (QED) is 0.832. The molecule has 2 amide bonds. The van der Waals surface area contributed by atoms with Crippen LogP contribution in [0.4, 0.5) is 0 Å². The van der Waals surface area contributed by atoms with Crippen molar-refractivity contribution in [3.8, 4) is 0 Å². The van der Waals surface area contributed by atoms with Crippen molar-refractivity contribution in [2.75, 3.05) is 13.1 Å². The molecule has 134 valence electrons. The average molecular weight is 341 g/mol. The number of piperidine rings is 1. The lowest BCUT2D eigenvalue weighted by atomic mass is 9.98. The van der Waals surface area contributed by atoms with Gasteiger partial charge in [-0.05, 0) is 44.1 Å². The van der Waals surface area contributed by atoms with Gasteiger partial charge in [-0.25, -0.2) is 0 Å². The van der Waals surface area contributed by atoms with Crippen LogP contribution in [0.1, 0.15) is 50.1 Å². The highest BCUT2D eigenvalue weighted by Gasteiger charge is 2.35. The second-order valence-corrected chi connectivity index (χ2v) is 7.69. The van der Waals surface area contributed by atoms with E-state index in [9.17, 15) is 9.59 Å².